The monoisotopic (exact) mass is 200 g/mol. The first-order valence-electron chi connectivity index (χ1n) is 4.01. The van der Waals surface area contributed by atoms with Crippen LogP contribution >= 0.6 is 0 Å². The summed E-state index contributed by atoms with van der Waals surface area (Å²) in [4.78, 5) is 14.9. The quantitative estimate of drug-likeness (QED) is 0.651. The van der Waals surface area contributed by atoms with Crippen molar-refractivity contribution in [3.63, 3.8) is 0 Å². The fraction of sp³-hybridized carbons (Fsp3) is 0.571. The van der Waals surface area contributed by atoms with Crippen LogP contribution in [-0.2, 0) is 4.74 Å². The Morgan fingerprint density at radius 2 is 2.50 bits per heavy atom. The molecule has 0 saturated carbocycles. The summed E-state index contributed by atoms with van der Waals surface area (Å²) in [7, 11) is 2.95. The number of carbonyl (C=O) groups excluding carboxylic acids is 1. The van der Waals surface area contributed by atoms with E-state index in [-0.39, 0.29) is 18.3 Å². The van der Waals surface area contributed by atoms with Crippen LogP contribution in [0.2, 0.25) is 0 Å². The van der Waals surface area contributed by atoms with Crippen molar-refractivity contribution < 1.29 is 14.1 Å². The Bertz CT molecular complexity index is 308. The normalized spacial score (nSPS) is 12.5. The van der Waals surface area contributed by atoms with Crippen molar-refractivity contribution >= 4 is 5.91 Å². The Balaban J connectivity index is 2.81. The van der Waals surface area contributed by atoms with Crippen LogP contribution in [-0.4, -0.2) is 36.8 Å². The van der Waals surface area contributed by atoms with Crippen LogP contribution < -0.4 is 11.1 Å². The number of aromatic nitrogens is 2. The molecule has 0 saturated heterocycles. The van der Waals surface area contributed by atoms with Gasteiger partial charge in [0.05, 0.1) is 0 Å². The van der Waals surface area contributed by atoms with Gasteiger partial charge in [-0.15, -0.1) is 0 Å². The molecule has 1 heterocycles. The molecule has 0 bridgehead atoms. The molecule has 1 aromatic heterocycles. The molecule has 0 radical (unpaired) electrons. The standard InChI is InChI=1S/C7H12N4O3/c1-9-6(12)5-10-7(14-11-5)4(3-8)13-2/h4H,3,8H2,1-2H3,(H,9,12). The maximum absolute atomic E-state index is 11.1. The van der Waals surface area contributed by atoms with Gasteiger partial charge in [-0.3, -0.25) is 4.79 Å². The Kier molecular flexibility index (Phi) is 3.55. The second kappa shape index (κ2) is 4.68. The smallest absolute Gasteiger partial charge is 0.292 e. The fourth-order valence-electron chi connectivity index (χ4n) is 0.868. The van der Waals surface area contributed by atoms with Gasteiger partial charge in [-0.2, -0.15) is 4.98 Å². The first kappa shape index (κ1) is 10.6. The SMILES string of the molecule is CNC(=O)c1noc(C(CN)OC)n1. The molecule has 7 nitrogen and oxygen atoms in total. The number of nitrogens with two attached hydrogens (primary N) is 1. The fourth-order valence-corrected chi connectivity index (χ4v) is 0.868. The molecule has 0 fully saturated rings. The predicted octanol–water partition coefficient (Wildman–Crippen LogP) is -0.925. The third kappa shape index (κ3) is 2.06. The lowest BCUT2D eigenvalue weighted by molar-refractivity contribution is 0.0803. The summed E-state index contributed by atoms with van der Waals surface area (Å²) in [5, 5.41) is 5.84. The zero-order chi connectivity index (χ0) is 10.6. The summed E-state index contributed by atoms with van der Waals surface area (Å²) in [6, 6.07) is 0. The summed E-state index contributed by atoms with van der Waals surface area (Å²) in [5.74, 6) is -0.238. The largest absolute Gasteiger partial charge is 0.370 e. The number of carbonyl (C=O) groups is 1. The summed E-state index contributed by atoms with van der Waals surface area (Å²) in [5.41, 5.74) is 5.38. The lowest BCUT2D eigenvalue weighted by Crippen LogP contribution is -2.20. The highest BCUT2D eigenvalue weighted by atomic mass is 16.5. The van der Waals surface area contributed by atoms with E-state index >= 15 is 0 Å². The Labute approximate surface area is 80.6 Å². The molecular formula is C7H12N4O3. The maximum atomic E-state index is 11.1. The number of rotatable bonds is 4. The highest BCUT2D eigenvalue weighted by molar-refractivity contribution is 5.89. The summed E-state index contributed by atoms with van der Waals surface area (Å²) < 4.78 is 9.76. The Morgan fingerprint density at radius 1 is 1.79 bits per heavy atom. The van der Waals surface area contributed by atoms with E-state index in [0.29, 0.717) is 0 Å². The van der Waals surface area contributed by atoms with Crippen LogP contribution in [0.1, 0.15) is 22.6 Å². The third-order valence-electron chi connectivity index (χ3n) is 1.65. The average Bonchev–Trinajstić information content (AvgIpc) is 2.68. The number of nitrogens with one attached hydrogen (secondary N) is 1. The van der Waals surface area contributed by atoms with Gasteiger partial charge in [0.1, 0.15) is 6.10 Å². The van der Waals surface area contributed by atoms with E-state index in [1.54, 1.807) is 0 Å². The molecule has 0 aliphatic carbocycles. The second-order valence-electron chi connectivity index (χ2n) is 2.50. The van der Waals surface area contributed by atoms with Crippen LogP contribution in [0, 0.1) is 0 Å². The van der Waals surface area contributed by atoms with Crippen molar-refractivity contribution in [2.24, 2.45) is 5.73 Å². The van der Waals surface area contributed by atoms with Crippen molar-refractivity contribution in [2.45, 2.75) is 6.10 Å². The van der Waals surface area contributed by atoms with Gasteiger partial charge in [-0.1, -0.05) is 5.16 Å². The van der Waals surface area contributed by atoms with E-state index in [1.807, 2.05) is 0 Å². The van der Waals surface area contributed by atoms with E-state index in [1.165, 1.54) is 14.2 Å². The first-order chi connectivity index (χ1) is 6.72. The summed E-state index contributed by atoms with van der Waals surface area (Å²) in [6.45, 7) is 0.214. The molecular weight excluding hydrogens is 188 g/mol. The maximum Gasteiger partial charge on any atom is 0.292 e. The van der Waals surface area contributed by atoms with Crippen molar-refractivity contribution in [3.8, 4) is 0 Å². The van der Waals surface area contributed by atoms with Crippen molar-refractivity contribution in [3.05, 3.63) is 11.7 Å². The van der Waals surface area contributed by atoms with Gasteiger partial charge >= 0.3 is 0 Å². The van der Waals surface area contributed by atoms with Crippen LogP contribution in [0.15, 0.2) is 4.52 Å². The number of hydrogen-bond donors (Lipinski definition) is 2. The van der Waals surface area contributed by atoms with Gasteiger partial charge in [0.2, 0.25) is 0 Å². The number of nitrogens with zero attached hydrogens (tertiary/aromatic N) is 2. The molecule has 1 aromatic rings. The molecule has 7 heteroatoms. The number of ether oxygens (including phenoxy) is 1. The molecule has 1 rings (SSSR count). The molecule has 1 amide bonds. The summed E-state index contributed by atoms with van der Waals surface area (Å²) >= 11 is 0. The van der Waals surface area contributed by atoms with E-state index in [0.717, 1.165) is 0 Å². The first-order valence-corrected chi connectivity index (χ1v) is 4.01. The Morgan fingerprint density at radius 3 is 3.00 bits per heavy atom. The molecule has 0 aromatic carbocycles. The van der Waals surface area contributed by atoms with E-state index in [4.69, 9.17) is 15.0 Å². The molecule has 1 atom stereocenters. The van der Waals surface area contributed by atoms with Gasteiger partial charge in [0.25, 0.3) is 17.6 Å². The van der Waals surface area contributed by atoms with Crippen molar-refractivity contribution in [2.75, 3.05) is 20.7 Å². The molecule has 0 aliphatic rings. The average molecular weight is 200 g/mol. The Hall–Kier alpha value is -1.47. The van der Waals surface area contributed by atoms with Gasteiger partial charge in [-0.05, 0) is 0 Å². The van der Waals surface area contributed by atoms with E-state index in [9.17, 15) is 4.79 Å². The topological polar surface area (TPSA) is 103 Å². The van der Waals surface area contributed by atoms with Crippen LogP contribution in [0.3, 0.4) is 0 Å². The summed E-state index contributed by atoms with van der Waals surface area (Å²) in [6.07, 6.45) is -0.471. The minimum absolute atomic E-state index is 0.0296. The van der Waals surface area contributed by atoms with Crippen molar-refractivity contribution in [1.29, 1.82) is 0 Å². The van der Waals surface area contributed by atoms with Gasteiger partial charge in [-0.25, -0.2) is 0 Å². The van der Waals surface area contributed by atoms with E-state index < -0.39 is 12.0 Å². The van der Waals surface area contributed by atoms with Gasteiger partial charge in [0.15, 0.2) is 0 Å². The molecule has 3 N–H and O–H groups in total. The number of methoxy groups -OCH3 is 1. The lowest BCUT2D eigenvalue weighted by Gasteiger charge is -2.05. The zero-order valence-corrected chi connectivity index (χ0v) is 7.98. The van der Waals surface area contributed by atoms with Crippen LogP contribution in [0.4, 0.5) is 0 Å². The molecule has 78 valence electrons. The molecule has 0 spiro atoms. The third-order valence-corrected chi connectivity index (χ3v) is 1.65. The minimum atomic E-state index is -0.471. The highest BCUT2D eigenvalue weighted by Crippen LogP contribution is 2.12. The van der Waals surface area contributed by atoms with E-state index in [2.05, 4.69) is 15.5 Å². The van der Waals surface area contributed by atoms with Gasteiger partial charge in [0, 0.05) is 20.7 Å². The minimum Gasteiger partial charge on any atom is -0.370 e. The molecule has 1 unspecified atom stereocenters. The number of hydrogen-bond acceptors (Lipinski definition) is 6. The zero-order valence-electron chi connectivity index (χ0n) is 7.98. The van der Waals surface area contributed by atoms with Crippen LogP contribution in [0.5, 0.6) is 0 Å². The highest BCUT2D eigenvalue weighted by Gasteiger charge is 2.19. The molecule has 0 aliphatic heterocycles. The number of amides is 1. The van der Waals surface area contributed by atoms with Crippen molar-refractivity contribution in [1.82, 2.24) is 15.5 Å². The second-order valence-corrected chi connectivity index (χ2v) is 2.50. The predicted molar refractivity (Wildman–Crippen MR) is 46.5 cm³/mol. The van der Waals surface area contributed by atoms with Gasteiger partial charge < -0.3 is 20.3 Å². The lowest BCUT2D eigenvalue weighted by atomic mass is 10.3. The molecule has 14 heavy (non-hydrogen) atoms. The van der Waals surface area contributed by atoms with Crippen LogP contribution in [0.25, 0.3) is 0 Å².